The number of hydrogen-bond acceptors (Lipinski definition) is 6. The minimum Gasteiger partial charge on any atom is -0.506 e. The molecule has 1 aromatic rings. The van der Waals surface area contributed by atoms with Crippen molar-refractivity contribution in [3.8, 4) is 5.75 Å². The Morgan fingerprint density at radius 2 is 2.00 bits per heavy atom. The number of benzene rings is 1. The lowest BCUT2D eigenvalue weighted by atomic mass is 10.2. The lowest BCUT2D eigenvalue weighted by molar-refractivity contribution is -0.138. The topological polar surface area (TPSA) is 84.9 Å². The number of anilines is 1. The molecule has 8 heteroatoms. The number of rotatable bonds is 4. The molecule has 0 aliphatic rings. The van der Waals surface area contributed by atoms with Gasteiger partial charge in [-0.1, -0.05) is 11.6 Å². The zero-order valence-electron chi connectivity index (χ0n) is 10.6. The molecule has 0 aliphatic heterocycles. The fourth-order valence-electron chi connectivity index (χ4n) is 1.21. The smallest absolute Gasteiger partial charge is 0.354 e. The monoisotopic (exact) mass is 303 g/mol. The highest BCUT2D eigenvalue weighted by Crippen LogP contribution is 2.31. The van der Waals surface area contributed by atoms with Gasteiger partial charge < -0.3 is 19.9 Å². The van der Waals surface area contributed by atoms with E-state index in [0.29, 0.717) is 0 Å². The predicted octanol–water partition coefficient (Wildman–Crippen LogP) is 1.83. The number of phenolic OH excluding ortho intramolecular Hbond substituents is 1. The number of carbonyl (C=O) groups excluding carboxylic acids is 2. The van der Waals surface area contributed by atoms with Crippen molar-refractivity contribution in [1.29, 1.82) is 0 Å². The van der Waals surface area contributed by atoms with Crippen LogP contribution in [0.3, 0.4) is 0 Å². The number of esters is 2. The summed E-state index contributed by atoms with van der Waals surface area (Å²) in [4.78, 5) is 22.6. The molecule has 108 valence electrons. The summed E-state index contributed by atoms with van der Waals surface area (Å²) in [5.74, 6) is -3.17. The number of carbonyl (C=O) groups is 2. The van der Waals surface area contributed by atoms with Crippen molar-refractivity contribution in [3.63, 3.8) is 0 Å². The van der Waals surface area contributed by atoms with Crippen LogP contribution in [-0.4, -0.2) is 31.3 Å². The SMILES string of the molecule is COC(=O)/C=C(/Nc1ccc(O)c(Cl)c1F)C(=O)OC. The van der Waals surface area contributed by atoms with Crippen molar-refractivity contribution in [2.24, 2.45) is 0 Å². The molecule has 0 spiro atoms. The second kappa shape index (κ2) is 6.76. The molecule has 0 saturated heterocycles. The van der Waals surface area contributed by atoms with Gasteiger partial charge in [0.1, 0.15) is 16.5 Å². The number of aromatic hydroxyl groups is 1. The Labute approximate surface area is 118 Å². The Hall–Kier alpha value is -2.28. The van der Waals surface area contributed by atoms with Gasteiger partial charge in [-0.2, -0.15) is 0 Å². The Bertz CT molecular complexity index is 573. The summed E-state index contributed by atoms with van der Waals surface area (Å²) in [5.41, 5.74) is -0.562. The lowest BCUT2D eigenvalue weighted by Crippen LogP contribution is -2.16. The third kappa shape index (κ3) is 3.61. The third-order valence-corrected chi connectivity index (χ3v) is 2.56. The summed E-state index contributed by atoms with van der Waals surface area (Å²) in [6.07, 6.45) is 0.798. The minimum atomic E-state index is -0.980. The summed E-state index contributed by atoms with van der Waals surface area (Å²) in [7, 11) is 2.21. The zero-order valence-corrected chi connectivity index (χ0v) is 11.3. The van der Waals surface area contributed by atoms with Crippen LogP contribution in [-0.2, 0) is 19.1 Å². The number of phenols is 1. The maximum Gasteiger partial charge on any atom is 0.354 e. The van der Waals surface area contributed by atoms with Gasteiger partial charge >= 0.3 is 11.9 Å². The van der Waals surface area contributed by atoms with E-state index in [1.165, 1.54) is 0 Å². The second-order valence-electron chi connectivity index (χ2n) is 3.46. The molecule has 0 aliphatic carbocycles. The quantitative estimate of drug-likeness (QED) is 0.501. The first-order valence-corrected chi connectivity index (χ1v) is 5.60. The lowest BCUT2D eigenvalue weighted by Gasteiger charge is -2.11. The van der Waals surface area contributed by atoms with Crippen LogP contribution < -0.4 is 5.32 Å². The van der Waals surface area contributed by atoms with Crippen LogP contribution in [0.2, 0.25) is 5.02 Å². The van der Waals surface area contributed by atoms with Crippen LogP contribution in [0.1, 0.15) is 0 Å². The summed E-state index contributed by atoms with van der Waals surface area (Å²) in [5, 5.41) is 11.0. The molecule has 0 saturated carbocycles. The molecule has 1 aromatic carbocycles. The third-order valence-electron chi connectivity index (χ3n) is 2.20. The van der Waals surface area contributed by atoms with E-state index in [-0.39, 0.29) is 11.4 Å². The molecule has 0 bridgehead atoms. The van der Waals surface area contributed by atoms with Crippen LogP contribution >= 0.6 is 11.6 Å². The van der Waals surface area contributed by atoms with Gasteiger partial charge in [-0.3, -0.25) is 0 Å². The fraction of sp³-hybridized carbons (Fsp3) is 0.167. The van der Waals surface area contributed by atoms with Gasteiger partial charge in [-0.25, -0.2) is 14.0 Å². The van der Waals surface area contributed by atoms with Gasteiger partial charge in [0.15, 0.2) is 5.82 Å². The highest BCUT2D eigenvalue weighted by molar-refractivity contribution is 6.32. The maximum atomic E-state index is 13.8. The highest BCUT2D eigenvalue weighted by Gasteiger charge is 2.17. The van der Waals surface area contributed by atoms with Gasteiger partial charge in [0, 0.05) is 0 Å². The van der Waals surface area contributed by atoms with Gasteiger partial charge in [-0.15, -0.1) is 0 Å². The van der Waals surface area contributed by atoms with Gasteiger partial charge in [-0.05, 0) is 12.1 Å². The molecular formula is C12H11ClFNO5. The van der Waals surface area contributed by atoms with E-state index < -0.39 is 28.5 Å². The average Bonchev–Trinajstić information content (AvgIpc) is 2.45. The normalized spacial score (nSPS) is 10.9. The van der Waals surface area contributed by atoms with Gasteiger partial charge in [0.2, 0.25) is 0 Å². The number of methoxy groups -OCH3 is 2. The molecular weight excluding hydrogens is 293 g/mol. The van der Waals surface area contributed by atoms with E-state index in [2.05, 4.69) is 14.8 Å². The van der Waals surface area contributed by atoms with Crippen molar-refractivity contribution in [1.82, 2.24) is 0 Å². The van der Waals surface area contributed by atoms with Crippen molar-refractivity contribution in [2.75, 3.05) is 19.5 Å². The molecule has 2 N–H and O–H groups in total. The average molecular weight is 304 g/mol. The van der Waals surface area contributed by atoms with Crippen LogP contribution in [0.5, 0.6) is 5.75 Å². The van der Waals surface area contributed by atoms with E-state index in [0.717, 1.165) is 32.4 Å². The molecule has 0 fully saturated rings. The minimum absolute atomic E-state index is 0.214. The van der Waals surface area contributed by atoms with Gasteiger partial charge in [0.25, 0.3) is 0 Å². The predicted molar refractivity (Wildman–Crippen MR) is 68.8 cm³/mol. The van der Waals surface area contributed by atoms with Crippen molar-refractivity contribution in [3.05, 3.63) is 34.7 Å². The molecule has 0 amide bonds. The standard InChI is InChI=1S/C12H11ClFNO5/c1-19-9(17)5-7(12(18)20-2)15-6-3-4-8(16)10(13)11(6)14/h3-5,15-16H,1-2H3/b7-5+. The molecule has 0 aromatic heterocycles. The Morgan fingerprint density at radius 1 is 1.35 bits per heavy atom. The zero-order chi connectivity index (χ0) is 15.3. The summed E-state index contributed by atoms with van der Waals surface area (Å²) in [6.45, 7) is 0. The first-order chi connectivity index (χ1) is 9.40. The first-order valence-electron chi connectivity index (χ1n) is 5.22. The molecule has 0 unspecified atom stereocenters. The summed E-state index contributed by atoms with van der Waals surface area (Å²) >= 11 is 5.52. The number of hydrogen-bond donors (Lipinski definition) is 2. The molecule has 6 nitrogen and oxygen atoms in total. The van der Waals surface area contributed by atoms with Crippen LogP contribution in [0, 0.1) is 5.82 Å². The summed E-state index contributed by atoms with van der Waals surface area (Å²) < 4.78 is 22.6. The van der Waals surface area contributed by atoms with Crippen molar-refractivity contribution >= 4 is 29.2 Å². The van der Waals surface area contributed by atoms with Crippen molar-refractivity contribution < 1.29 is 28.6 Å². The second-order valence-corrected chi connectivity index (χ2v) is 3.84. The Balaban J connectivity index is 3.14. The van der Waals surface area contributed by atoms with E-state index >= 15 is 0 Å². The maximum absolute atomic E-state index is 13.8. The van der Waals surface area contributed by atoms with E-state index in [4.69, 9.17) is 11.6 Å². The molecule has 0 heterocycles. The van der Waals surface area contributed by atoms with Crippen molar-refractivity contribution in [2.45, 2.75) is 0 Å². The molecule has 1 rings (SSSR count). The Kier molecular flexibility index (Phi) is 5.33. The van der Waals surface area contributed by atoms with Crippen LogP contribution in [0.25, 0.3) is 0 Å². The van der Waals surface area contributed by atoms with E-state index in [9.17, 15) is 19.1 Å². The number of nitrogens with one attached hydrogen (secondary N) is 1. The number of halogens is 2. The summed E-state index contributed by atoms with van der Waals surface area (Å²) in [6, 6.07) is 2.27. The molecule has 0 radical (unpaired) electrons. The largest absolute Gasteiger partial charge is 0.506 e. The van der Waals surface area contributed by atoms with Crippen LogP contribution in [0.4, 0.5) is 10.1 Å². The highest BCUT2D eigenvalue weighted by atomic mass is 35.5. The molecule has 20 heavy (non-hydrogen) atoms. The first kappa shape index (κ1) is 15.8. The van der Waals surface area contributed by atoms with E-state index in [1.807, 2.05) is 0 Å². The van der Waals surface area contributed by atoms with Gasteiger partial charge in [0.05, 0.1) is 26.0 Å². The number of ether oxygens (including phenoxy) is 2. The van der Waals surface area contributed by atoms with E-state index in [1.54, 1.807) is 0 Å². The fourth-order valence-corrected chi connectivity index (χ4v) is 1.38. The molecule has 0 atom stereocenters. The van der Waals surface area contributed by atoms with Crippen LogP contribution in [0.15, 0.2) is 23.9 Å². The Morgan fingerprint density at radius 3 is 2.55 bits per heavy atom.